The first-order chi connectivity index (χ1) is 8.48. The lowest BCUT2D eigenvalue weighted by atomic mass is 10.0. The molecule has 18 heavy (non-hydrogen) atoms. The van der Waals surface area contributed by atoms with E-state index in [-0.39, 0.29) is 11.5 Å². The quantitative estimate of drug-likeness (QED) is 0.773. The third kappa shape index (κ3) is 3.01. The maximum Gasteiger partial charge on any atom is 0.218 e. The maximum atomic E-state index is 10.6. The fourth-order valence-corrected chi connectivity index (χ4v) is 2.25. The van der Waals surface area contributed by atoms with Gasteiger partial charge in [-0.05, 0) is 19.4 Å². The first kappa shape index (κ1) is 12.9. The molecule has 0 aromatic heterocycles. The van der Waals surface area contributed by atoms with E-state index in [1.165, 1.54) is 5.56 Å². The maximum absolute atomic E-state index is 10.6. The highest BCUT2D eigenvalue weighted by molar-refractivity contribution is 5.73. The predicted molar refractivity (Wildman–Crippen MR) is 70.4 cm³/mol. The highest BCUT2D eigenvalue weighted by Crippen LogP contribution is 2.37. The van der Waals surface area contributed by atoms with Crippen LogP contribution in [-0.2, 0) is 17.8 Å². The summed E-state index contributed by atoms with van der Waals surface area (Å²) in [4.78, 5) is 10.6. The number of amides is 1. The fraction of sp³-hybridized carbons (Fsp3) is 0.500. The minimum absolute atomic E-state index is 0.119. The van der Waals surface area contributed by atoms with Gasteiger partial charge in [-0.3, -0.25) is 4.79 Å². The van der Waals surface area contributed by atoms with Crippen LogP contribution in [0.3, 0.4) is 0 Å². The standard InChI is InChI=1S/C14H20N2O2/c1-14(2)8-10-4-3-5-11(13(10)18-14)9-16-7-6-12(15)17/h3-5,16H,6-9H2,1-2H3,(H2,15,17). The van der Waals surface area contributed by atoms with E-state index in [1.807, 2.05) is 0 Å². The van der Waals surface area contributed by atoms with Gasteiger partial charge < -0.3 is 15.8 Å². The molecule has 1 heterocycles. The van der Waals surface area contributed by atoms with Crippen molar-refractivity contribution in [3.8, 4) is 5.75 Å². The number of hydrogen-bond acceptors (Lipinski definition) is 3. The number of primary amides is 1. The number of nitrogens with two attached hydrogens (primary N) is 1. The molecule has 0 spiro atoms. The molecule has 0 saturated carbocycles. The van der Waals surface area contributed by atoms with E-state index in [0.29, 0.717) is 19.5 Å². The molecule has 4 heteroatoms. The summed E-state index contributed by atoms with van der Waals surface area (Å²) in [6.07, 6.45) is 1.30. The summed E-state index contributed by atoms with van der Waals surface area (Å²) >= 11 is 0. The van der Waals surface area contributed by atoms with E-state index in [4.69, 9.17) is 10.5 Å². The summed E-state index contributed by atoms with van der Waals surface area (Å²) < 4.78 is 5.97. The van der Waals surface area contributed by atoms with Crippen molar-refractivity contribution in [3.63, 3.8) is 0 Å². The van der Waals surface area contributed by atoms with Crippen LogP contribution >= 0.6 is 0 Å². The molecule has 1 aliphatic rings. The third-order valence-electron chi connectivity index (χ3n) is 3.04. The van der Waals surface area contributed by atoms with Crippen LogP contribution in [0.1, 0.15) is 31.4 Å². The van der Waals surface area contributed by atoms with Gasteiger partial charge in [0.2, 0.25) is 5.91 Å². The smallest absolute Gasteiger partial charge is 0.218 e. The molecular formula is C14H20N2O2. The van der Waals surface area contributed by atoms with E-state index in [0.717, 1.165) is 17.7 Å². The molecule has 0 saturated heterocycles. The van der Waals surface area contributed by atoms with Gasteiger partial charge in [0, 0.05) is 31.5 Å². The third-order valence-corrected chi connectivity index (χ3v) is 3.04. The Kier molecular flexibility index (Phi) is 3.57. The highest BCUT2D eigenvalue weighted by atomic mass is 16.5. The molecule has 4 nitrogen and oxygen atoms in total. The van der Waals surface area contributed by atoms with E-state index >= 15 is 0 Å². The van der Waals surface area contributed by atoms with Gasteiger partial charge in [-0.2, -0.15) is 0 Å². The Morgan fingerprint density at radius 3 is 3.00 bits per heavy atom. The van der Waals surface area contributed by atoms with Gasteiger partial charge in [-0.15, -0.1) is 0 Å². The minimum Gasteiger partial charge on any atom is -0.487 e. The summed E-state index contributed by atoms with van der Waals surface area (Å²) in [6, 6.07) is 6.21. The predicted octanol–water partition coefficient (Wildman–Crippen LogP) is 1.37. The van der Waals surface area contributed by atoms with Gasteiger partial charge in [-0.1, -0.05) is 18.2 Å². The van der Waals surface area contributed by atoms with E-state index in [9.17, 15) is 4.79 Å². The van der Waals surface area contributed by atoms with Gasteiger partial charge in [-0.25, -0.2) is 0 Å². The summed E-state index contributed by atoms with van der Waals surface area (Å²) in [5, 5.41) is 3.21. The van der Waals surface area contributed by atoms with Crippen LogP contribution in [0.5, 0.6) is 5.75 Å². The average molecular weight is 248 g/mol. The number of fused-ring (bicyclic) bond motifs is 1. The van der Waals surface area contributed by atoms with Crippen molar-refractivity contribution in [1.82, 2.24) is 5.32 Å². The zero-order valence-electron chi connectivity index (χ0n) is 11.0. The lowest BCUT2D eigenvalue weighted by molar-refractivity contribution is -0.117. The molecule has 0 aliphatic carbocycles. The number of ether oxygens (including phenoxy) is 1. The second-order valence-corrected chi connectivity index (χ2v) is 5.34. The normalized spacial score (nSPS) is 16.1. The molecular weight excluding hydrogens is 228 g/mol. The molecule has 0 fully saturated rings. The molecule has 98 valence electrons. The van der Waals surface area contributed by atoms with Crippen LogP contribution in [0.15, 0.2) is 18.2 Å². The Labute approximate surface area is 108 Å². The van der Waals surface area contributed by atoms with Crippen LogP contribution in [0.2, 0.25) is 0 Å². The Balaban J connectivity index is 1.99. The van der Waals surface area contributed by atoms with Gasteiger partial charge in [0.1, 0.15) is 11.4 Å². The highest BCUT2D eigenvalue weighted by Gasteiger charge is 2.31. The van der Waals surface area contributed by atoms with Gasteiger partial charge in [0.25, 0.3) is 0 Å². The second kappa shape index (κ2) is 4.98. The lowest BCUT2D eigenvalue weighted by Crippen LogP contribution is -2.25. The van der Waals surface area contributed by atoms with Gasteiger partial charge in [0.05, 0.1) is 0 Å². The molecule has 2 rings (SSSR count). The molecule has 0 radical (unpaired) electrons. The largest absolute Gasteiger partial charge is 0.487 e. The van der Waals surface area contributed by atoms with Gasteiger partial charge >= 0.3 is 0 Å². The average Bonchev–Trinajstić information content (AvgIpc) is 2.58. The molecule has 1 aromatic rings. The Hall–Kier alpha value is -1.55. The van der Waals surface area contributed by atoms with Crippen LogP contribution in [-0.4, -0.2) is 18.1 Å². The van der Waals surface area contributed by atoms with Crippen molar-refractivity contribution in [2.24, 2.45) is 5.73 Å². The van der Waals surface area contributed by atoms with Crippen molar-refractivity contribution in [1.29, 1.82) is 0 Å². The lowest BCUT2D eigenvalue weighted by Gasteiger charge is -2.18. The number of carbonyl (C=O) groups is 1. The van der Waals surface area contributed by atoms with Crippen LogP contribution < -0.4 is 15.8 Å². The minimum atomic E-state index is -0.279. The molecule has 1 aromatic carbocycles. The zero-order valence-corrected chi connectivity index (χ0v) is 11.0. The number of nitrogens with one attached hydrogen (secondary N) is 1. The van der Waals surface area contributed by atoms with Crippen molar-refractivity contribution in [3.05, 3.63) is 29.3 Å². The number of para-hydroxylation sites is 1. The van der Waals surface area contributed by atoms with Crippen LogP contribution in [0.25, 0.3) is 0 Å². The number of hydrogen-bond donors (Lipinski definition) is 2. The Bertz CT molecular complexity index is 455. The van der Waals surface area contributed by atoms with Crippen LogP contribution in [0.4, 0.5) is 0 Å². The van der Waals surface area contributed by atoms with Crippen molar-refractivity contribution >= 4 is 5.91 Å². The molecule has 0 unspecified atom stereocenters. The SMILES string of the molecule is CC1(C)Cc2cccc(CNCCC(N)=O)c2O1. The number of benzene rings is 1. The summed E-state index contributed by atoms with van der Waals surface area (Å²) in [7, 11) is 0. The fourth-order valence-electron chi connectivity index (χ4n) is 2.25. The molecule has 3 N–H and O–H groups in total. The summed E-state index contributed by atoms with van der Waals surface area (Å²) in [5.74, 6) is 0.715. The monoisotopic (exact) mass is 248 g/mol. The van der Waals surface area contributed by atoms with Crippen molar-refractivity contribution < 1.29 is 9.53 Å². The number of carbonyl (C=O) groups excluding carboxylic acids is 1. The number of rotatable bonds is 5. The summed E-state index contributed by atoms with van der Waals surface area (Å²) in [6.45, 7) is 5.49. The van der Waals surface area contributed by atoms with Crippen molar-refractivity contribution in [2.45, 2.75) is 38.8 Å². The van der Waals surface area contributed by atoms with E-state index in [1.54, 1.807) is 0 Å². The topological polar surface area (TPSA) is 64.3 Å². The Morgan fingerprint density at radius 2 is 2.28 bits per heavy atom. The molecule has 0 bridgehead atoms. The Morgan fingerprint density at radius 1 is 1.50 bits per heavy atom. The first-order valence-corrected chi connectivity index (χ1v) is 6.27. The first-order valence-electron chi connectivity index (χ1n) is 6.27. The van der Waals surface area contributed by atoms with Crippen molar-refractivity contribution in [2.75, 3.05) is 6.54 Å². The zero-order chi connectivity index (χ0) is 13.2. The van der Waals surface area contributed by atoms with E-state index < -0.39 is 0 Å². The van der Waals surface area contributed by atoms with E-state index in [2.05, 4.69) is 37.4 Å². The molecule has 0 atom stereocenters. The molecule has 1 amide bonds. The second-order valence-electron chi connectivity index (χ2n) is 5.34. The molecule has 1 aliphatic heterocycles. The van der Waals surface area contributed by atoms with Gasteiger partial charge in [0.15, 0.2) is 0 Å². The van der Waals surface area contributed by atoms with Crippen LogP contribution in [0, 0.1) is 0 Å². The summed E-state index contributed by atoms with van der Waals surface area (Å²) in [5.41, 5.74) is 7.37.